The van der Waals surface area contributed by atoms with Crippen molar-refractivity contribution in [2.75, 3.05) is 0 Å². The zero-order valence-electron chi connectivity index (χ0n) is 10.00. The molecule has 0 spiro atoms. The van der Waals surface area contributed by atoms with Crippen molar-refractivity contribution in [3.8, 4) is 11.3 Å². The SMILES string of the molecule is CCC(N)c1nc(-c2cccc(Cl)c2)c(C)[nH]1. The van der Waals surface area contributed by atoms with Gasteiger partial charge < -0.3 is 10.7 Å². The van der Waals surface area contributed by atoms with Gasteiger partial charge in [-0.15, -0.1) is 0 Å². The summed E-state index contributed by atoms with van der Waals surface area (Å²) < 4.78 is 0. The van der Waals surface area contributed by atoms with E-state index in [1.807, 2.05) is 38.1 Å². The molecule has 0 fully saturated rings. The second-order valence-electron chi connectivity index (χ2n) is 4.12. The number of benzene rings is 1. The number of nitrogens with one attached hydrogen (secondary N) is 1. The molecule has 0 saturated carbocycles. The van der Waals surface area contributed by atoms with Crippen molar-refractivity contribution in [3.63, 3.8) is 0 Å². The van der Waals surface area contributed by atoms with Gasteiger partial charge in [-0.05, 0) is 25.5 Å². The normalized spacial score (nSPS) is 12.7. The number of halogens is 1. The first-order valence-electron chi connectivity index (χ1n) is 5.69. The van der Waals surface area contributed by atoms with Gasteiger partial charge in [0, 0.05) is 16.3 Å². The van der Waals surface area contributed by atoms with Crippen molar-refractivity contribution in [2.24, 2.45) is 5.73 Å². The second-order valence-corrected chi connectivity index (χ2v) is 4.56. The van der Waals surface area contributed by atoms with Gasteiger partial charge in [0.15, 0.2) is 0 Å². The average Bonchev–Trinajstić information content (AvgIpc) is 2.70. The quantitative estimate of drug-likeness (QED) is 0.875. The lowest BCUT2D eigenvalue weighted by Crippen LogP contribution is -2.10. The van der Waals surface area contributed by atoms with Crippen molar-refractivity contribution in [1.82, 2.24) is 9.97 Å². The number of aromatic amines is 1. The Hall–Kier alpha value is -1.32. The number of hydrogen-bond acceptors (Lipinski definition) is 2. The minimum atomic E-state index is -0.0402. The Balaban J connectivity index is 2.42. The highest BCUT2D eigenvalue weighted by atomic mass is 35.5. The molecule has 0 aliphatic rings. The first-order chi connectivity index (χ1) is 8.11. The monoisotopic (exact) mass is 249 g/mol. The molecule has 90 valence electrons. The molecular formula is C13H16ClN3. The lowest BCUT2D eigenvalue weighted by atomic mass is 10.1. The number of aryl methyl sites for hydroxylation is 1. The first kappa shape index (κ1) is 12.1. The van der Waals surface area contributed by atoms with E-state index in [4.69, 9.17) is 17.3 Å². The van der Waals surface area contributed by atoms with Gasteiger partial charge in [-0.25, -0.2) is 4.98 Å². The molecule has 1 atom stereocenters. The molecule has 0 aliphatic heterocycles. The Kier molecular flexibility index (Phi) is 3.50. The lowest BCUT2D eigenvalue weighted by Gasteiger charge is -2.03. The zero-order chi connectivity index (χ0) is 12.4. The van der Waals surface area contributed by atoms with E-state index in [0.717, 1.165) is 29.2 Å². The Bertz CT molecular complexity index is 519. The van der Waals surface area contributed by atoms with Crippen LogP contribution in [0.3, 0.4) is 0 Å². The Morgan fingerprint density at radius 3 is 2.88 bits per heavy atom. The summed E-state index contributed by atoms with van der Waals surface area (Å²) in [5.41, 5.74) is 8.92. The standard InChI is InChI=1S/C13H16ClN3/c1-3-11(15)13-16-8(2)12(17-13)9-5-4-6-10(14)7-9/h4-7,11H,3,15H2,1-2H3,(H,16,17). The van der Waals surface area contributed by atoms with Crippen LogP contribution in [0.1, 0.15) is 30.9 Å². The minimum Gasteiger partial charge on any atom is -0.344 e. The molecule has 3 nitrogen and oxygen atoms in total. The van der Waals surface area contributed by atoms with Crippen LogP contribution in [0.4, 0.5) is 0 Å². The summed E-state index contributed by atoms with van der Waals surface area (Å²) >= 11 is 5.98. The molecule has 3 N–H and O–H groups in total. The first-order valence-corrected chi connectivity index (χ1v) is 6.07. The molecule has 0 aliphatic carbocycles. The summed E-state index contributed by atoms with van der Waals surface area (Å²) in [6, 6.07) is 7.64. The average molecular weight is 250 g/mol. The van der Waals surface area contributed by atoms with Crippen LogP contribution < -0.4 is 5.73 Å². The van der Waals surface area contributed by atoms with E-state index in [2.05, 4.69) is 9.97 Å². The molecule has 17 heavy (non-hydrogen) atoms. The number of aromatic nitrogens is 2. The van der Waals surface area contributed by atoms with Gasteiger partial charge in [0.05, 0.1) is 11.7 Å². The van der Waals surface area contributed by atoms with Crippen molar-refractivity contribution in [2.45, 2.75) is 26.3 Å². The van der Waals surface area contributed by atoms with Crippen LogP contribution in [0.15, 0.2) is 24.3 Å². The van der Waals surface area contributed by atoms with Crippen molar-refractivity contribution in [1.29, 1.82) is 0 Å². The molecule has 0 radical (unpaired) electrons. The topological polar surface area (TPSA) is 54.7 Å². The number of H-pyrrole nitrogens is 1. The minimum absolute atomic E-state index is 0.0402. The fraction of sp³-hybridized carbons (Fsp3) is 0.308. The van der Waals surface area contributed by atoms with Gasteiger partial charge in [-0.3, -0.25) is 0 Å². The molecule has 1 aromatic heterocycles. The summed E-state index contributed by atoms with van der Waals surface area (Å²) in [4.78, 5) is 7.79. The summed E-state index contributed by atoms with van der Waals surface area (Å²) in [5, 5.41) is 0.714. The maximum Gasteiger partial charge on any atom is 0.123 e. The maximum atomic E-state index is 5.98. The van der Waals surface area contributed by atoms with Crippen LogP contribution in [-0.2, 0) is 0 Å². The maximum absolute atomic E-state index is 5.98. The molecule has 2 rings (SSSR count). The number of nitrogens with zero attached hydrogens (tertiary/aromatic N) is 1. The van der Waals surface area contributed by atoms with Crippen LogP contribution in [0.2, 0.25) is 5.02 Å². The third-order valence-electron chi connectivity index (χ3n) is 2.79. The Morgan fingerprint density at radius 1 is 1.47 bits per heavy atom. The van der Waals surface area contributed by atoms with Gasteiger partial charge in [-0.1, -0.05) is 30.7 Å². The second kappa shape index (κ2) is 4.90. The number of hydrogen-bond donors (Lipinski definition) is 2. The molecule has 2 aromatic rings. The van der Waals surface area contributed by atoms with E-state index in [9.17, 15) is 0 Å². The fourth-order valence-electron chi connectivity index (χ4n) is 1.77. The summed E-state index contributed by atoms with van der Waals surface area (Å²) in [5.74, 6) is 0.833. The fourth-order valence-corrected chi connectivity index (χ4v) is 1.96. The molecule has 0 saturated heterocycles. The van der Waals surface area contributed by atoms with E-state index >= 15 is 0 Å². The van der Waals surface area contributed by atoms with Crippen LogP contribution in [0, 0.1) is 6.92 Å². The third-order valence-corrected chi connectivity index (χ3v) is 3.03. The van der Waals surface area contributed by atoms with E-state index in [0.29, 0.717) is 5.02 Å². The predicted octanol–water partition coefficient (Wildman–Crippen LogP) is 3.45. The van der Waals surface area contributed by atoms with E-state index in [1.54, 1.807) is 0 Å². The summed E-state index contributed by atoms with van der Waals surface area (Å²) in [7, 11) is 0. The van der Waals surface area contributed by atoms with Crippen LogP contribution in [-0.4, -0.2) is 9.97 Å². The van der Waals surface area contributed by atoms with Gasteiger partial charge >= 0.3 is 0 Å². The van der Waals surface area contributed by atoms with Gasteiger partial charge in [0.25, 0.3) is 0 Å². The molecule has 1 aromatic carbocycles. The van der Waals surface area contributed by atoms with Crippen molar-refractivity contribution in [3.05, 3.63) is 40.8 Å². The van der Waals surface area contributed by atoms with Crippen molar-refractivity contribution >= 4 is 11.6 Å². The molecule has 0 amide bonds. The zero-order valence-corrected chi connectivity index (χ0v) is 10.8. The van der Waals surface area contributed by atoms with E-state index in [-0.39, 0.29) is 6.04 Å². The molecule has 1 heterocycles. The van der Waals surface area contributed by atoms with E-state index in [1.165, 1.54) is 0 Å². The highest BCUT2D eigenvalue weighted by molar-refractivity contribution is 6.30. The Labute approximate surface area is 106 Å². The molecule has 4 heteroatoms. The molecule has 1 unspecified atom stereocenters. The van der Waals surface area contributed by atoms with Crippen LogP contribution in [0.25, 0.3) is 11.3 Å². The van der Waals surface area contributed by atoms with Gasteiger partial charge in [-0.2, -0.15) is 0 Å². The van der Waals surface area contributed by atoms with Crippen molar-refractivity contribution < 1.29 is 0 Å². The van der Waals surface area contributed by atoms with Gasteiger partial charge in [0.1, 0.15) is 5.82 Å². The van der Waals surface area contributed by atoms with Gasteiger partial charge in [0.2, 0.25) is 0 Å². The smallest absolute Gasteiger partial charge is 0.123 e. The number of imidazole rings is 1. The van der Waals surface area contributed by atoms with Crippen LogP contribution in [0.5, 0.6) is 0 Å². The third kappa shape index (κ3) is 2.51. The van der Waals surface area contributed by atoms with Crippen LogP contribution >= 0.6 is 11.6 Å². The largest absolute Gasteiger partial charge is 0.344 e. The Morgan fingerprint density at radius 2 is 2.24 bits per heavy atom. The highest BCUT2D eigenvalue weighted by Crippen LogP contribution is 2.25. The lowest BCUT2D eigenvalue weighted by molar-refractivity contribution is 0.657. The predicted molar refractivity (Wildman–Crippen MR) is 71.0 cm³/mol. The molecular weight excluding hydrogens is 234 g/mol. The summed E-state index contributed by atoms with van der Waals surface area (Å²) in [6.45, 7) is 4.04. The van der Waals surface area contributed by atoms with E-state index < -0.39 is 0 Å². The molecule has 0 bridgehead atoms. The number of rotatable bonds is 3. The number of nitrogens with two attached hydrogens (primary N) is 1. The highest BCUT2D eigenvalue weighted by Gasteiger charge is 2.13. The summed E-state index contributed by atoms with van der Waals surface area (Å²) in [6.07, 6.45) is 0.863.